The Morgan fingerprint density at radius 3 is 2.73 bits per heavy atom. The molecule has 1 spiro atoms. The molecule has 5 N–H and O–H groups in total. The summed E-state index contributed by atoms with van der Waals surface area (Å²) in [7, 11) is 0. The van der Waals surface area contributed by atoms with Gasteiger partial charge in [-0.15, -0.1) is 0 Å². The Labute approximate surface area is 331 Å². The van der Waals surface area contributed by atoms with Crippen LogP contribution in [0.15, 0.2) is 53.3 Å². The lowest BCUT2D eigenvalue weighted by molar-refractivity contribution is -0.149. The normalized spacial score (nSPS) is 22.4. The van der Waals surface area contributed by atoms with E-state index < -0.39 is 6.10 Å². The first kappa shape index (κ1) is 40.8. The van der Waals surface area contributed by atoms with Crippen molar-refractivity contribution in [2.24, 2.45) is 11.8 Å². The quantitative estimate of drug-likeness (QED) is 0.120. The summed E-state index contributed by atoms with van der Waals surface area (Å²) in [6, 6.07) is 15.0. The minimum absolute atomic E-state index is 0.0118. The van der Waals surface area contributed by atoms with Crippen LogP contribution in [0, 0.1) is 11.8 Å². The predicted octanol–water partition coefficient (Wildman–Crippen LogP) is 4.15. The number of aromatic hydroxyl groups is 1. The van der Waals surface area contributed by atoms with E-state index >= 15 is 0 Å². The molecule has 306 valence electrons. The molecule has 1 aromatic heterocycles. The molecule has 1 aliphatic carbocycles. The van der Waals surface area contributed by atoms with E-state index in [-0.39, 0.29) is 29.4 Å². The maximum Gasteiger partial charge on any atom is 0.248 e. The van der Waals surface area contributed by atoms with Gasteiger partial charge in [-0.1, -0.05) is 43.7 Å². The highest BCUT2D eigenvalue weighted by Crippen LogP contribution is 2.34. The van der Waals surface area contributed by atoms with Gasteiger partial charge in [0, 0.05) is 70.4 Å². The number of nitrogens with zero attached hydrogens (tertiary/aromatic N) is 3. The van der Waals surface area contributed by atoms with E-state index in [2.05, 4.69) is 56.6 Å². The first-order valence-corrected chi connectivity index (χ1v) is 21.3. The number of ether oxygens (including phenoxy) is 2. The average molecular weight is 773 g/mol. The number of phenolic OH excluding ortho intramolecular Hbond substituents is 1. The van der Waals surface area contributed by atoms with Crippen LogP contribution >= 0.6 is 0 Å². The number of fused-ring (bicyclic) bond motifs is 1. The number of piperidine rings is 2. The van der Waals surface area contributed by atoms with Crippen LogP contribution in [-0.2, 0) is 27.2 Å². The van der Waals surface area contributed by atoms with Crippen molar-refractivity contribution in [2.75, 3.05) is 78.7 Å². The first-order chi connectivity index (χ1) is 27.3. The van der Waals surface area contributed by atoms with E-state index in [4.69, 9.17) is 9.47 Å². The van der Waals surface area contributed by atoms with E-state index in [1.165, 1.54) is 42.5 Å². The van der Waals surface area contributed by atoms with Crippen molar-refractivity contribution in [1.29, 1.82) is 0 Å². The molecule has 7 rings (SSSR count). The van der Waals surface area contributed by atoms with E-state index in [1.807, 2.05) is 4.90 Å². The van der Waals surface area contributed by atoms with Crippen LogP contribution in [0.2, 0.25) is 0 Å². The summed E-state index contributed by atoms with van der Waals surface area (Å²) in [5.41, 5.74) is 3.20. The molecule has 3 atom stereocenters. The van der Waals surface area contributed by atoms with Crippen LogP contribution in [0.3, 0.4) is 0 Å². The van der Waals surface area contributed by atoms with E-state index in [1.54, 1.807) is 12.1 Å². The molecule has 1 amide bonds. The highest BCUT2D eigenvalue weighted by molar-refractivity contribution is 5.87. The Balaban J connectivity index is 0.797. The number of benzene rings is 2. The molecule has 3 aromatic rings. The molecule has 2 unspecified atom stereocenters. The van der Waals surface area contributed by atoms with Gasteiger partial charge in [-0.05, 0) is 92.1 Å². The van der Waals surface area contributed by atoms with Gasteiger partial charge in [-0.25, -0.2) is 0 Å². The highest BCUT2D eigenvalue weighted by atomic mass is 16.5. The number of aliphatic hydroxyl groups excluding tert-OH is 1. The Hall–Kier alpha value is -3.36. The molecule has 3 aliphatic heterocycles. The number of pyridine rings is 1. The summed E-state index contributed by atoms with van der Waals surface area (Å²) >= 11 is 0. The summed E-state index contributed by atoms with van der Waals surface area (Å²) in [6.45, 7) is 12.6. The number of aromatic amines is 1. The van der Waals surface area contributed by atoms with Gasteiger partial charge < -0.3 is 40.2 Å². The third-order valence-electron chi connectivity index (χ3n) is 12.6. The van der Waals surface area contributed by atoms with Crippen LogP contribution in [0.1, 0.15) is 81.1 Å². The van der Waals surface area contributed by atoms with Gasteiger partial charge in [0.25, 0.3) is 0 Å². The van der Waals surface area contributed by atoms with Crippen molar-refractivity contribution in [3.05, 3.63) is 75.6 Å². The number of morpholine rings is 1. The minimum Gasteiger partial charge on any atom is -0.506 e. The zero-order valence-electron chi connectivity index (χ0n) is 33.4. The molecule has 0 radical (unpaired) electrons. The number of aliphatic hydroxyl groups is 1. The van der Waals surface area contributed by atoms with Crippen molar-refractivity contribution < 1.29 is 24.5 Å². The van der Waals surface area contributed by atoms with Crippen molar-refractivity contribution in [3.63, 3.8) is 0 Å². The number of hydrogen-bond acceptors (Lipinski definition) is 10. The summed E-state index contributed by atoms with van der Waals surface area (Å²) in [5.74, 6) is 1.47. The summed E-state index contributed by atoms with van der Waals surface area (Å²) in [4.78, 5) is 34.8. The molecular formula is C44H64N6O6. The molecular weight excluding hydrogens is 709 g/mol. The average Bonchev–Trinajstić information content (AvgIpc) is 4.04. The second-order valence-corrected chi connectivity index (χ2v) is 16.8. The fraction of sp³-hybridized carbons (Fsp3) is 0.636. The summed E-state index contributed by atoms with van der Waals surface area (Å²) < 4.78 is 12.5. The van der Waals surface area contributed by atoms with Crippen LogP contribution < -0.4 is 16.2 Å². The van der Waals surface area contributed by atoms with Gasteiger partial charge in [-0.2, -0.15) is 0 Å². The number of H-pyrrole nitrogens is 1. The number of carbonyl (C=O) groups excluding carboxylic acids is 1. The number of phenols is 1. The molecule has 4 fully saturated rings. The van der Waals surface area contributed by atoms with Gasteiger partial charge in [0.05, 0.1) is 49.6 Å². The topological polar surface area (TPSA) is 143 Å². The molecule has 4 aliphatic rings. The zero-order chi connectivity index (χ0) is 38.9. The van der Waals surface area contributed by atoms with Crippen LogP contribution in [-0.4, -0.2) is 126 Å². The molecule has 1 saturated carbocycles. The zero-order valence-corrected chi connectivity index (χ0v) is 33.4. The predicted molar refractivity (Wildman–Crippen MR) is 219 cm³/mol. The lowest BCUT2D eigenvalue weighted by atomic mass is 9.87. The Kier molecular flexibility index (Phi) is 14.1. The third-order valence-corrected chi connectivity index (χ3v) is 12.6. The maximum atomic E-state index is 13.2. The Morgan fingerprint density at radius 1 is 1.07 bits per heavy atom. The van der Waals surface area contributed by atoms with Gasteiger partial charge >= 0.3 is 0 Å². The number of amides is 1. The molecule has 3 saturated heterocycles. The molecule has 12 heteroatoms. The first-order valence-electron chi connectivity index (χ1n) is 21.3. The molecule has 12 nitrogen and oxygen atoms in total. The Morgan fingerprint density at radius 2 is 1.91 bits per heavy atom. The number of nitrogens with one attached hydrogen (secondary N) is 3. The van der Waals surface area contributed by atoms with Gasteiger partial charge in [0.2, 0.25) is 11.5 Å². The lowest BCUT2D eigenvalue weighted by Gasteiger charge is -2.50. The Bertz CT molecular complexity index is 1790. The fourth-order valence-electron chi connectivity index (χ4n) is 8.97. The highest BCUT2D eigenvalue weighted by Gasteiger charge is 2.42. The van der Waals surface area contributed by atoms with Crippen LogP contribution in [0.5, 0.6) is 5.75 Å². The van der Waals surface area contributed by atoms with Crippen molar-refractivity contribution in [1.82, 2.24) is 30.3 Å². The largest absolute Gasteiger partial charge is 0.506 e. The summed E-state index contributed by atoms with van der Waals surface area (Å²) in [6.07, 6.45) is 9.15. The third kappa shape index (κ3) is 11.0. The summed E-state index contributed by atoms with van der Waals surface area (Å²) in [5, 5.41) is 28.7. The van der Waals surface area contributed by atoms with Crippen molar-refractivity contribution >= 4 is 16.8 Å². The fourth-order valence-corrected chi connectivity index (χ4v) is 8.97. The number of aromatic nitrogens is 1. The van der Waals surface area contributed by atoms with E-state index in [0.717, 1.165) is 90.4 Å². The van der Waals surface area contributed by atoms with Crippen molar-refractivity contribution in [2.45, 2.75) is 89.1 Å². The molecule has 56 heavy (non-hydrogen) atoms. The standard InChI is InChI=1S/C44H64N6O6/c1-2-32-12-17-46-40(27-32)50-22-25-56-44(31-50)15-19-48(20-16-44)29-35-5-3-4-33(26-35)13-23-55-24-14-42(54)49(30-34-6-7-34)21-18-45-28-39(52)36-8-10-38(51)43-37(36)9-11-41(53)47-43/h3-5,8-11,26,32,34,39-40,45-46,51-52H,2,6-7,12-25,27-31H2,1H3,(H,47,53)/t32?,39-,40?/m0/s1. The smallest absolute Gasteiger partial charge is 0.248 e. The number of rotatable bonds is 18. The number of carbonyl (C=O) groups is 1. The molecule has 0 bridgehead atoms. The van der Waals surface area contributed by atoms with Gasteiger partial charge in [0.1, 0.15) is 5.75 Å². The molecule has 4 heterocycles. The van der Waals surface area contributed by atoms with Gasteiger partial charge in [0.15, 0.2) is 0 Å². The second kappa shape index (κ2) is 19.4. The minimum atomic E-state index is -0.844. The number of hydrogen-bond donors (Lipinski definition) is 5. The van der Waals surface area contributed by atoms with E-state index in [0.29, 0.717) is 61.3 Å². The van der Waals surface area contributed by atoms with Crippen LogP contribution in [0.25, 0.3) is 10.9 Å². The maximum absolute atomic E-state index is 13.2. The molecule has 2 aromatic carbocycles. The second-order valence-electron chi connectivity index (χ2n) is 16.8. The van der Waals surface area contributed by atoms with Crippen molar-refractivity contribution in [3.8, 4) is 5.75 Å². The lowest BCUT2D eigenvalue weighted by Crippen LogP contribution is -2.62. The van der Waals surface area contributed by atoms with Crippen LogP contribution in [0.4, 0.5) is 0 Å². The van der Waals surface area contributed by atoms with E-state index in [9.17, 15) is 19.8 Å². The monoisotopic (exact) mass is 772 g/mol. The van der Waals surface area contributed by atoms with Gasteiger partial charge in [-0.3, -0.25) is 19.4 Å². The number of likely N-dealkylation sites (tertiary alicyclic amines) is 1. The SMILES string of the molecule is CCC1CCNC(N2CCOC3(CCN(Cc4cccc(CCOCCC(=O)N(CCNC[C@H](O)c5ccc(O)c6[nH]c(=O)ccc56)CC5CC5)c4)CC3)C2)C1.